The second kappa shape index (κ2) is 9.31. The van der Waals surface area contributed by atoms with E-state index in [-0.39, 0.29) is 23.8 Å². The largest absolute Gasteiger partial charge is 0.333 e. The summed E-state index contributed by atoms with van der Waals surface area (Å²) in [5.74, 6) is 0.336. The Hall–Kier alpha value is -4.44. The first kappa shape index (κ1) is 23.3. The fraction of sp³-hybridized carbons (Fsp3) is 0.154. The van der Waals surface area contributed by atoms with Crippen molar-refractivity contribution in [2.75, 3.05) is 5.32 Å². The molecule has 3 aromatic heterocycles. The topological polar surface area (TPSA) is 120 Å². The summed E-state index contributed by atoms with van der Waals surface area (Å²) in [5, 5.41) is 7.26. The second-order valence-electron chi connectivity index (χ2n) is 8.33. The van der Waals surface area contributed by atoms with Crippen molar-refractivity contribution in [1.29, 1.82) is 0 Å². The molecule has 0 atom stereocenters. The number of aromatic nitrogens is 4. The molecule has 0 saturated heterocycles. The van der Waals surface area contributed by atoms with Crippen LogP contribution in [0.25, 0.3) is 32.4 Å². The SMILES string of the molecule is CC(=O)c1ccc(NC(=O)Cn2cnc3sc(-c4nc(-c5ccccc5C)no4)c(C)c3c2=O)cc1. The van der Waals surface area contributed by atoms with Crippen LogP contribution in [0.3, 0.4) is 0 Å². The first-order chi connectivity index (χ1) is 17.3. The zero-order valence-electron chi connectivity index (χ0n) is 19.7. The highest BCUT2D eigenvalue weighted by Crippen LogP contribution is 2.35. The number of hydrogen-bond acceptors (Lipinski definition) is 8. The van der Waals surface area contributed by atoms with E-state index in [2.05, 4.69) is 20.4 Å². The lowest BCUT2D eigenvalue weighted by Crippen LogP contribution is -2.27. The van der Waals surface area contributed by atoms with Gasteiger partial charge in [-0.3, -0.25) is 19.0 Å². The number of thiophene rings is 1. The summed E-state index contributed by atoms with van der Waals surface area (Å²) in [4.78, 5) is 47.3. The van der Waals surface area contributed by atoms with Crippen molar-refractivity contribution in [3.63, 3.8) is 0 Å². The predicted octanol–water partition coefficient (Wildman–Crippen LogP) is 4.63. The van der Waals surface area contributed by atoms with E-state index >= 15 is 0 Å². The van der Waals surface area contributed by atoms with Crippen LogP contribution in [0, 0.1) is 13.8 Å². The third-order valence-electron chi connectivity index (χ3n) is 5.81. The van der Waals surface area contributed by atoms with E-state index in [1.807, 2.05) is 31.2 Å². The number of benzene rings is 2. The molecule has 5 aromatic rings. The van der Waals surface area contributed by atoms with Gasteiger partial charge in [-0.25, -0.2) is 4.98 Å². The molecule has 1 amide bonds. The molecule has 0 aliphatic rings. The predicted molar refractivity (Wildman–Crippen MR) is 137 cm³/mol. The van der Waals surface area contributed by atoms with Gasteiger partial charge in [0.1, 0.15) is 11.4 Å². The van der Waals surface area contributed by atoms with Gasteiger partial charge in [-0.2, -0.15) is 4.98 Å². The molecule has 3 heterocycles. The van der Waals surface area contributed by atoms with Gasteiger partial charge in [0.05, 0.1) is 16.6 Å². The number of nitrogens with one attached hydrogen (secondary N) is 1. The van der Waals surface area contributed by atoms with Gasteiger partial charge in [-0.1, -0.05) is 29.4 Å². The first-order valence-electron chi connectivity index (χ1n) is 11.1. The Bertz CT molecular complexity index is 1680. The van der Waals surface area contributed by atoms with Crippen LogP contribution in [-0.2, 0) is 11.3 Å². The molecule has 0 spiro atoms. The van der Waals surface area contributed by atoms with Gasteiger partial charge in [0.2, 0.25) is 11.7 Å². The lowest BCUT2D eigenvalue weighted by atomic mass is 10.1. The molecule has 0 aliphatic heterocycles. The quantitative estimate of drug-likeness (QED) is 0.338. The number of aryl methyl sites for hydroxylation is 2. The Morgan fingerprint density at radius 2 is 1.83 bits per heavy atom. The van der Waals surface area contributed by atoms with Gasteiger partial charge < -0.3 is 9.84 Å². The number of ketones is 1. The van der Waals surface area contributed by atoms with E-state index in [1.165, 1.54) is 29.2 Å². The van der Waals surface area contributed by atoms with Gasteiger partial charge >= 0.3 is 0 Å². The van der Waals surface area contributed by atoms with Crippen LogP contribution in [0.4, 0.5) is 5.69 Å². The fourth-order valence-electron chi connectivity index (χ4n) is 3.87. The molecule has 2 aromatic carbocycles. The molecule has 10 heteroatoms. The molecule has 5 rings (SSSR count). The minimum atomic E-state index is -0.387. The summed E-state index contributed by atoms with van der Waals surface area (Å²) in [6, 6.07) is 14.3. The summed E-state index contributed by atoms with van der Waals surface area (Å²) in [7, 11) is 0. The third kappa shape index (κ3) is 4.34. The number of fused-ring (bicyclic) bond motifs is 1. The molecular formula is C26H21N5O4S. The van der Waals surface area contributed by atoms with Crippen LogP contribution in [0.2, 0.25) is 0 Å². The number of Topliss-reactive ketones (excluding diaryl/α,β-unsaturated/α-hetero) is 1. The van der Waals surface area contributed by atoms with Crippen LogP contribution >= 0.6 is 11.3 Å². The molecule has 0 unspecified atom stereocenters. The highest BCUT2D eigenvalue weighted by atomic mass is 32.1. The van der Waals surface area contributed by atoms with E-state index in [1.54, 1.807) is 31.2 Å². The number of amides is 1. The van der Waals surface area contributed by atoms with Crippen LogP contribution in [0.1, 0.15) is 28.4 Å². The fourth-order valence-corrected chi connectivity index (χ4v) is 4.93. The molecule has 36 heavy (non-hydrogen) atoms. The van der Waals surface area contributed by atoms with Crippen LogP contribution in [-0.4, -0.2) is 31.4 Å². The van der Waals surface area contributed by atoms with E-state index in [9.17, 15) is 14.4 Å². The van der Waals surface area contributed by atoms with Gasteiger partial charge in [0.25, 0.3) is 11.4 Å². The second-order valence-corrected chi connectivity index (χ2v) is 9.33. The third-order valence-corrected chi connectivity index (χ3v) is 7.00. The Labute approximate surface area is 209 Å². The average molecular weight is 500 g/mol. The molecule has 180 valence electrons. The molecule has 9 nitrogen and oxygen atoms in total. The zero-order valence-corrected chi connectivity index (χ0v) is 20.5. The maximum Gasteiger partial charge on any atom is 0.268 e. The van der Waals surface area contributed by atoms with Crippen LogP contribution in [0.15, 0.2) is 64.2 Å². The number of rotatable bonds is 6. The van der Waals surface area contributed by atoms with E-state index in [4.69, 9.17) is 4.52 Å². The number of hydrogen-bond donors (Lipinski definition) is 1. The first-order valence-corrected chi connectivity index (χ1v) is 11.9. The summed E-state index contributed by atoms with van der Waals surface area (Å²) in [6.07, 6.45) is 1.36. The van der Waals surface area contributed by atoms with Crippen molar-refractivity contribution in [2.45, 2.75) is 27.3 Å². The number of carbonyl (C=O) groups is 2. The molecule has 0 aliphatic carbocycles. The highest BCUT2D eigenvalue weighted by molar-refractivity contribution is 7.22. The van der Waals surface area contributed by atoms with Gasteiger partial charge in [0.15, 0.2) is 5.78 Å². The number of nitrogens with zero attached hydrogens (tertiary/aromatic N) is 4. The summed E-state index contributed by atoms with van der Waals surface area (Å²) < 4.78 is 6.78. The zero-order chi connectivity index (χ0) is 25.4. The maximum atomic E-state index is 13.2. The minimum absolute atomic E-state index is 0.0590. The Morgan fingerprint density at radius 3 is 2.56 bits per heavy atom. The average Bonchev–Trinajstić information content (AvgIpc) is 3.46. The monoisotopic (exact) mass is 499 g/mol. The van der Waals surface area contributed by atoms with Crippen molar-refractivity contribution in [2.24, 2.45) is 0 Å². The molecule has 0 fully saturated rings. The maximum absolute atomic E-state index is 13.2. The van der Waals surface area contributed by atoms with Crippen molar-refractivity contribution in [3.8, 4) is 22.2 Å². The van der Waals surface area contributed by atoms with Gasteiger partial charge in [0, 0.05) is 16.8 Å². The summed E-state index contributed by atoms with van der Waals surface area (Å²) >= 11 is 1.29. The molecular weight excluding hydrogens is 478 g/mol. The minimum Gasteiger partial charge on any atom is -0.333 e. The number of carbonyl (C=O) groups excluding carboxylic acids is 2. The molecule has 0 saturated carbocycles. The van der Waals surface area contributed by atoms with Gasteiger partial charge in [-0.05, 0) is 56.2 Å². The Balaban J connectivity index is 1.41. The Kier molecular flexibility index (Phi) is 6.03. The van der Waals surface area contributed by atoms with Gasteiger partial charge in [-0.15, -0.1) is 11.3 Å². The molecule has 1 N–H and O–H groups in total. The van der Waals surface area contributed by atoms with E-state index < -0.39 is 0 Å². The summed E-state index contributed by atoms with van der Waals surface area (Å²) in [5.41, 5.74) is 3.31. The van der Waals surface area contributed by atoms with Crippen LogP contribution < -0.4 is 10.9 Å². The standard InChI is InChI=1S/C26H21N5O4S/c1-14-6-4-5-7-19(14)23-29-24(35-30-23)22-15(2)21-25(36-22)27-13-31(26(21)34)12-20(33)28-18-10-8-17(9-11-18)16(3)32/h4-11,13H,12H2,1-3H3,(H,28,33). The van der Waals surface area contributed by atoms with Crippen molar-refractivity contribution in [1.82, 2.24) is 19.7 Å². The smallest absolute Gasteiger partial charge is 0.268 e. The van der Waals surface area contributed by atoms with Crippen molar-refractivity contribution < 1.29 is 14.1 Å². The molecule has 0 bridgehead atoms. The lowest BCUT2D eigenvalue weighted by molar-refractivity contribution is -0.116. The Morgan fingerprint density at radius 1 is 1.08 bits per heavy atom. The van der Waals surface area contributed by atoms with Crippen molar-refractivity contribution in [3.05, 3.63) is 81.9 Å². The van der Waals surface area contributed by atoms with E-state index in [0.717, 1.165) is 11.1 Å². The molecule has 0 radical (unpaired) electrons. The highest BCUT2D eigenvalue weighted by Gasteiger charge is 2.21. The number of anilines is 1. The van der Waals surface area contributed by atoms with Crippen molar-refractivity contribution >= 4 is 38.9 Å². The van der Waals surface area contributed by atoms with Crippen LogP contribution in [0.5, 0.6) is 0 Å². The lowest BCUT2D eigenvalue weighted by Gasteiger charge is -2.08. The van der Waals surface area contributed by atoms with E-state index in [0.29, 0.717) is 43.6 Å². The summed E-state index contributed by atoms with van der Waals surface area (Å²) in [6.45, 7) is 5.04. The normalized spacial score (nSPS) is 11.1.